The fourth-order valence-corrected chi connectivity index (χ4v) is 1.85. The maximum atomic E-state index is 13.1. The zero-order chi connectivity index (χ0) is 16.0. The van der Waals surface area contributed by atoms with Crippen molar-refractivity contribution < 1.29 is 22.4 Å². The monoisotopic (exact) mass is 306 g/mol. The second kappa shape index (κ2) is 7.40. The van der Waals surface area contributed by atoms with Crippen LogP contribution < -0.4 is 5.32 Å². The molecule has 0 saturated carbocycles. The van der Waals surface area contributed by atoms with Gasteiger partial charge >= 0.3 is 6.18 Å². The van der Waals surface area contributed by atoms with Crippen LogP contribution in [0.2, 0.25) is 0 Å². The molecule has 1 rings (SSSR count). The lowest BCUT2D eigenvalue weighted by molar-refractivity contribution is -0.140. The third kappa shape index (κ3) is 5.00. The van der Waals surface area contributed by atoms with Crippen LogP contribution in [0.25, 0.3) is 0 Å². The number of likely N-dealkylation sites (N-methyl/N-ethyl adjacent to an activating group) is 1. The Kier molecular flexibility index (Phi) is 6.14. The Hall–Kier alpha value is -1.63. The van der Waals surface area contributed by atoms with Crippen LogP contribution in [0.15, 0.2) is 18.2 Å². The number of nitrogens with zero attached hydrogens (tertiary/aromatic N) is 1. The van der Waals surface area contributed by atoms with Gasteiger partial charge in [0.15, 0.2) is 0 Å². The number of amides is 1. The molecule has 118 valence electrons. The Bertz CT molecular complexity index is 484. The lowest BCUT2D eigenvalue weighted by atomic mass is 10.1. The van der Waals surface area contributed by atoms with Gasteiger partial charge in [0.1, 0.15) is 5.82 Å². The van der Waals surface area contributed by atoms with Gasteiger partial charge in [-0.2, -0.15) is 13.2 Å². The number of rotatable bonds is 6. The zero-order valence-electron chi connectivity index (χ0n) is 11.9. The number of hydrogen-bond acceptors (Lipinski definition) is 2. The van der Waals surface area contributed by atoms with Gasteiger partial charge in [0.25, 0.3) is 5.91 Å². The van der Waals surface area contributed by atoms with Gasteiger partial charge in [-0.05, 0) is 31.3 Å². The maximum absolute atomic E-state index is 13.1. The molecule has 0 heterocycles. The maximum Gasteiger partial charge on any atom is 0.419 e. The Balaban J connectivity index is 2.71. The molecule has 3 nitrogen and oxygen atoms in total. The van der Waals surface area contributed by atoms with Gasteiger partial charge in [-0.1, -0.05) is 13.8 Å². The molecule has 0 aliphatic heterocycles. The fraction of sp³-hybridized carbons (Fsp3) is 0.500. The second-order valence-corrected chi connectivity index (χ2v) is 4.48. The van der Waals surface area contributed by atoms with E-state index in [0.29, 0.717) is 25.2 Å². The summed E-state index contributed by atoms with van der Waals surface area (Å²) in [5.74, 6) is -2.03. The summed E-state index contributed by atoms with van der Waals surface area (Å²) in [5, 5.41) is 2.53. The van der Waals surface area contributed by atoms with E-state index >= 15 is 0 Å². The molecule has 0 radical (unpaired) electrons. The van der Waals surface area contributed by atoms with Crippen molar-refractivity contribution in [2.75, 3.05) is 26.2 Å². The Morgan fingerprint density at radius 3 is 2.38 bits per heavy atom. The standard InChI is InChI=1S/C14H18F4N2O/c1-3-20(4-2)8-7-19-13(21)10-5-6-12(15)11(9-10)14(16,17)18/h5-6,9H,3-4,7-8H2,1-2H3,(H,19,21). The van der Waals surface area contributed by atoms with Crippen LogP contribution in [-0.2, 0) is 6.18 Å². The van der Waals surface area contributed by atoms with Gasteiger partial charge in [-0.15, -0.1) is 0 Å². The summed E-state index contributed by atoms with van der Waals surface area (Å²) in [5.41, 5.74) is -1.64. The molecule has 0 spiro atoms. The minimum atomic E-state index is -4.82. The molecule has 0 atom stereocenters. The zero-order valence-corrected chi connectivity index (χ0v) is 11.9. The van der Waals surface area contributed by atoms with Gasteiger partial charge in [0, 0.05) is 18.7 Å². The Morgan fingerprint density at radius 2 is 1.86 bits per heavy atom. The van der Waals surface area contributed by atoms with E-state index in [0.717, 1.165) is 19.2 Å². The highest BCUT2D eigenvalue weighted by atomic mass is 19.4. The van der Waals surface area contributed by atoms with Crippen molar-refractivity contribution in [3.8, 4) is 0 Å². The Morgan fingerprint density at radius 1 is 1.24 bits per heavy atom. The average molecular weight is 306 g/mol. The summed E-state index contributed by atoms with van der Waals surface area (Å²) in [6, 6.07) is 2.22. The van der Waals surface area contributed by atoms with E-state index < -0.39 is 23.5 Å². The van der Waals surface area contributed by atoms with Crippen LogP contribution in [0.4, 0.5) is 17.6 Å². The number of carbonyl (C=O) groups excluding carboxylic acids is 1. The first-order valence-corrected chi connectivity index (χ1v) is 6.66. The molecule has 0 aliphatic carbocycles. The summed E-state index contributed by atoms with van der Waals surface area (Å²) >= 11 is 0. The molecule has 1 aromatic rings. The average Bonchev–Trinajstić information content (AvgIpc) is 2.42. The molecule has 1 N–H and O–H groups in total. The number of carbonyl (C=O) groups is 1. The van der Waals surface area contributed by atoms with Gasteiger partial charge in [0.2, 0.25) is 0 Å². The smallest absolute Gasteiger partial charge is 0.351 e. The molecule has 0 unspecified atom stereocenters. The highest BCUT2D eigenvalue weighted by Crippen LogP contribution is 2.31. The third-order valence-corrected chi connectivity index (χ3v) is 3.14. The van der Waals surface area contributed by atoms with Gasteiger partial charge in [-0.25, -0.2) is 4.39 Å². The first-order valence-electron chi connectivity index (χ1n) is 6.66. The van der Waals surface area contributed by atoms with Crippen molar-refractivity contribution in [2.24, 2.45) is 0 Å². The molecule has 1 amide bonds. The summed E-state index contributed by atoms with van der Waals surface area (Å²) in [6.45, 7) is 6.51. The molecule has 0 bridgehead atoms. The summed E-state index contributed by atoms with van der Waals surface area (Å²) < 4.78 is 50.8. The number of halogens is 4. The molecular weight excluding hydrogens is 288 g/mol. The molecular formula is C14H18F4N2O. The first-order chi connectivity index (χ1) is 9.79. The highest BCUT2D eigenvalue weighted by molar-refractivity contribution is 5.94. The van der Waals surface area contributed by atoms with Crippen molar-refractivity contribution in [2.45, 2.75) is 20.0 Å². The lowest BCUT2D eigenvalue weighted by Gasteiger charge is -2.18. The van der Waals surface area contributed by atoms with E-state index in [-0.39, 0.29) is 5.56 Å². The number of hydrogen-bond donors (Lipinski definition) is 1. The van der Waals surface area contributed by atoms with Crippen molar-refractivity contribution in [3.63, 3.8) is 0 Å². The van der Waals surface area contributed by atoms with Crippen LogP contribution >= 0.6 is 0 Å². The van der Waals surface area contributed by atoms with Crippen molar-refractivity contribution in [1.82, 2.24) is 10.2 Å². The van der Waals surface area contributed by atoms with E-state index in [1.165, 1.54) is 0 Å². The molecule has 0 saturated heterocycles. The van der Waals surface area contributed by atoms with E-state index in [1.54, 1.807) is 0 Å². The van der Waals surface area contributed by atoms with E-state index in [2.05, 4.69) is 10.2 Å². The van der Waals surface area contributed by atoms with Crippen LogP contribution in [-0.4, -0.2) is 37.0 Å². The minimum absolute atomic E-state index is 0.205. The molecule has 0 aromatic heterocycles. The van der Waals surface area contributed by atoms with Crippen LogP contribution in [0, 0.1) is 5.82 Å². The number of nitrogens with one attached hydrogen (secondary N) is 1. The van der Waals surface area contributed by atoms with E-state index in [1.807, 2.05) is 13.8 Å². The lowest BCUT2D eigenvalue weighted by Crippen LogP contribution is -2.34. The normalized spacial score (nSPS) is 11.8. The van der Waals surface area contributed by atoms with Gasteiger partial charge in [0.05, 0.1) is 5.56 Å². The fourth-order valence-electron chi connectivity index (χ4n) is 1.85. The van der Waals surface area contributed by atoms with Crippen molar-refractivity contribution in [3.05, 3.63) is 35.1 Å². The molecule has 7 heteroatoms. The Labute approximate surface area is 120 Å². The topological polar surface area (TPSA) is 32.3 Å². The first kappa shape index (κ1) is 17.4. The molecule has 1 aromatic carbocycles. The van der Waals surface area contributed by atoms with Crippen LogP contribution in [0.5, 0.6) is 0 Å². The van der Waals surface area contributed by atoms with Gasteiger partial charge in [-0.3, -0.25) is 4.79 Å². The minimum Gasteiger partial charge on any atom is -0.351 e. The number of alkyl halides is 3. The summed E-state index contributed by atoms with van der Waals surface area (Å²) in [7, 11) is 0. The molecule has 21 heavy (non-hydrogen) atoms. The van der Waals surface area contributed by atoms with E-state index in [9.17, 15) is 22.4 Å². The number of benzene rings is 1. The van der Waals surface area contributed by atoms with Crippen molar-refractivity contribution >= 4 is 5.91 Å². The van der Waals surface area contributed by atoms with Crippen LogP contribution in [0.1, 0.15) is 29.8 Å². The SMILES string of the molecule is CCN(CC)CCNC(=O)c1ccc(F)c(C(F)(F)F)c1. The van der Waals surface area contributed by atoms with Crippen LogP contribution in [0.3, 0.4) is 0 Å². The summed E-state index contributed by atoms with van der Waals surface area (Å²) in [4.78, 5) is 13.8. The predicted molar refractivity (Wildman–Crippen MR) is 71.5 cm³/mol. The highest BCUT2D eigenvalue weighted by Gasteiger charge is 2.34. The van der Waals surface area contributed by atoms with Gasteiger partial charge < -0.3 is 10.2 Å². The largest absolute Gasteiger partial charge is 0.419 e. The van der Waals surface area contributed by atoms with E-state index in [4.69, 9.17) is 0 Å². The van der Waals surface area contributed by atoms with Crippen molar-refractivity contribution in [1.29, 1.82) is 0 Å². The summed E-state index contributed by atoms with van der Waals surface area (Å²) in [6.07, 6.45) is -4.82. The second-order valence-electron chi connectivity index (χ2n) is 4.48. The third-order valence-electron chi connectivity index (χ3n) is 3.14. The predicted octanol–water partition coefficient (Wildman–Crippen LogP) is 2.92. The quantitative estimate of drug-likeness (QED) is 0.820. The molecule has 0 aliphatic rings. The molecule has 0 fully saturated rings.